The molecule has 0 heterocycles. The number of hydrogen-bond acceptors (Lipinski definition) is 3. The van der Waals surface area contributed by atoms with Gasteiger partial charge in [0.15, 0.2) is 0 Å². The Morgan fingerprint density at radius 1 is 1.29 bits per heavy atom. The highest BCUT2D eigenvalue weighted by Gasteiger charge is 2.18. The smallest absolute Gasteiger partial charge is 0.119 e. The largest absolute Gasteiger partial charge is 0.491 e. The Kier molecular flexibility index (Phi) is 4.97. The summed E-state index contributed by atoms with van der Waals surface area (Å²) >= 11 is 0. The first-order valence-electron chi connectivity index (χ1n) is 6.19. The highest BCUT2D eigenvalue weighted by atomic mass is 16.5. The lowest BCUT2D eigenvalue weighted by Gasteiger charge is -2.21. The van der Waals surface area contributed by atoms with Crippen LogP contribution in [0.25, 0.3) is 0 Å². The van der Waals surface area contributed by atoms with Gasteiger partial charge in [0.2, 0.25) is 0 Å². The summed E-state index contributed by atoms with van der Waals surface area (Å²) < 4.78 is 5.54. The van der Waals surface area contributed by atoms with Crippen molar-refractivity contribution in [1.82, 2.24) is 0 Å². The number of aliphatic hydroxyl groups is 1. The van der Waals surface area contributed by atoms with Crippen molar-refractivity contribution < 1.29 is 9.84 Å². The van der Waals surface area contributed by atoms with Crippen LogP contribution in [-0.2, 0) is 0 Å². The summed E-state index contributed by atoms with van der Waals surface area (Å²) in [6.07, 6.45) is 1.59. The van der Waals surface area contributed by atoms with Gasteiger partial charge in [-0.05, 0) is 37.5 Å². The van der Waals surface area contributed by atoms with E-state index in [4.69, 9.17) is 10.5 Å². The molecule has 1 aromatic carbocycles. The van der Waals surface area contributed by atoms with Crippen LogP contribution < -0.4 is 10.5 Å². The Morgan fingerprint density at radius 3 is 2.35 bits per heavy atom. The molecule has 2 atom stereocenters. The summed E-state index contributed by atoms with van der Waals surface area (Å²) in [7, 11) is 0. The van der Waals surface area contributed by atoms with Crippen molar-refractivity contribution in [2.24, 2.45) is 5.73 Å². The number of nitrogens with two attached hydrogens (primary N) is 1. The topological polar surface area (TPSA) is 55.5 Å². The average molecular weight is 237 g/mol. The second-order valence-electron chi connectivity index (χ2n) is 4.72. The van der Waals surface area contributed by atoms with Crippen LogP contribution in [0.4, 0.5) is 0 Å². The summed E-state index contributed by atoms with van der Waals surface area (Å²) in [4.78, 5) is 0. The zero-order valence-electron chi connectivity index (χ0n) is 10.9. The van der Waals surface area contributed by atoms with E-state index in [1.54, 1.807) is 6.92 Å². The van der Waals surface area contributed by atoms with Gasteiger partial charge in [-0.3, -0.25) is 0 Å². The number of hydrogen-bond donors (Lipinski definition) is 2. The van der Waals surface area contributed by atoms with E-state index in [0.717, 1.165) is 17.7 Å². The van der Waals surface area contributed by atoms with Crippen molar-refractivity contribution >= 4 is 0 Å². The van der Waals surface area contributed by atoms with Gasteiger partial charge in [-0.15, -0.1) is 0 Å². The Morgan fingerprint density at radius 2 is 1.88 bits per heavy atom. The fourth-order valence-electron chi connectivity index (χ4n) is 1.39. The molecule has 0 spiro atoms. The first-order chi connectivity index (χ1) is 7.98. The third-order valence-electron chi connectivity index (χ3n) is 3.06. The number of rotatable bonds is 6. The minimum Gasteiger partial charge on any atom is -0.491 e. The van der Waals surface area contributed by atoms with Gasteiger partial charge in [0.05, 0.1) is 5.60 Å². The molecule has 2 unspecified atom stereocenters. The van der Waals surface area contributed by atoms with Crippen molar-refractivity contribution in [3.63, 3.8) is 0 Å². The minimum atomic E-state index is -0.765. The summed E-state index contributed by atoms with van der Waals surface area (Å²) in [5.74, 6) is 0.769. The first-order valence-corrected chi connectivity index (χ1v) is 6.19. The molecule has 0 fully saturated rings. The summed E-state index contributed by atoms with van der Waals surface area (Å²) in [6, 6.07) is 7.84. The van der Waals surface area contributed by atoms with Crippen LogP contribution in [0.3, 0.4) is 0 Å². The molecule has 3 nitrogen and oxygen atoms in total. The Labute approximate surface area is 104 Å². The third-order valence-corrected chi connectivity index (χ3v) is 3.06. The van der Waals surface area contributed by atoms with Gasteiger partial charge in [-0.25, -0.2) is 0 Å². The van der Waals surface area contributed by atoms with E-state index < -0.39 is 5.60 Å². The molecular weight excluding hydrogens is 214 g/mol. The zero-order chi connectivity index (χ0) is 12.9. The molecule has 17 heavy (non-hydrogen) atoms. The van der Waals surface area contributed by atoms with Crippen LogP contribution in [0.15, 0.2) is 24.3 Å². The highest BCUT2D eigenvalue weighted by Crippen LogP contribution is 2.19. The van der Waals surface area contributed by atoms with Crippen LogP contribution in [0.2, 0.25) is 0 Å². The van der Waals surface area contributed by atoms with E-state index in [1.165, 1.54) is 0 Å². The maximum absolute atomic E-state index is 9.82. The Bertz CT molecular complexity index is 333. The van der Waals surface area contributed by atoms with Crippen LogP contribution in [0.5, 0.6) is 5.75 Å². The molecule has 0 aliphatic heterocycles. The molecule has 0 saturated carbocycles. The molecule has 0 saturated heterocycles. The maximum Gasteiger partial charge on any atom is 0.119 e. The van der Waals surface area contributed by atoms with Crippen molar-refractivity contribution in [2.45, 2.75) is 45.3 Å². The molecule has 96 valence electrons. The molecule has 0 aliphatic carbocycles. The van der Waals surface area contributed by atoms with Gasteiger partial charge < -0.3 is 15.6 Å². The minimum absolute atomic E-state index is 0.0859. The Hall–Kier alpha value is -1.06. The van der Waals surface area contributed by atoms with E-state index in [1.807, 2.05) is 31.2 Å². The van der Waals surface area contributed by atoms with Crippen molar-refractivity contribution in [3.8, 4) is 5.75 Å². The monoisotopic (exact) mass is 237 g/mol. The maximum atomic E-state index is 9.82. The normalized spacial score (nSPS) is 16.3. The second-order valence-corrected chi connectivity index (χ2v) is 4.72. The Balaban J connectivity index is 2.57. The summed E-state index contributed by atoms with van der Waals surface area (Å²) in [5.41, 5.74) is 6.28. The summed E-state index contributed by atoms with van der Waals surface area (Å²) in [5, 5.41) is 9.82. The van der Waals surface area contributed by atoms with Crippen molar-refractivity contribution in [1.29, 1.82) is 0 Å². The van der Waals surface area contributed by atoms with Crippen LogP contribution in [-0.4, -0.2) is 17.3 Å². The predicted molar refractivity (Wildman–Crippen MR) is 70.1 cm³/mol. The molecule has 3 heteroatoms. The molecule has 0 aliphatic rings. The van der Waals surface area contributed by atoms with Gasteiger partial charge in [-0.2, -0.15) is 0 Å². The predicted octanol–water partition coefficient (Wildman–Crippen LogP) is 2.64. The quantitative estimate of drug-likeness (QED) is 0.799. The van der Waals surface area contributed by atoms with Gasteiger partial charge >= 0.3 is 0 Å². The van der Waals surface area contributed by atoms with Crippen LogP contribution >= 0.6 is 0 Å². The fraction of sp³-hybridized carbons (Fsp3) is 0.571. The first kappa shape index (κ1) is 14.0. The second kappa shape index (κ2) is 6.03. The van der Waals surface area contributed by atoms with Gasteiger partial charge in [0, 0.05) is 6.04 Å². The standard InChI is InChI=1S/C14H23NO2/c1-4-13(15)11-6-8-12(9-7-11)17-10-14(3,16)5-2/h6-9,13,16H,4-5,10,15H2,1-3H3. The fourth-order valence-corrected chi connectivity index (χ4v) is 1.39. The molecule has 0 radical (unpaired) electrons. The lowest BCUT2D eigenvalue weighted by atomic mass is 10.1. The third kappa shape index (κ3) is 4.36. The van der Waals surface area contributed by atoms with Gasteiger partial charge in [0.25, 0.3) is 0 Å². The van der Waals surface area contributed by atoms with E-state index >= 15 is 0 Å². The molecule has 0 aromatic heterocycles. The molecule has 1 rings (SSSR count). The number of ether oxygens (including phenoxy) is 1. The highest BCUT2D eigenvalue weighted by molar-refractivity contribution is 5.29. The molecule has 1 aromatic rings. The summed E-state index contributed by atoms with van der Waals surface area (Å²) in [6.45, 7) is 6.08. The molecule has 0 bridgehead atoms. The van der Waals surface area contributed by atoms with E-state index in [0.29, 0.717) is 13.0 Å². The van der Waals surface area contributed by atoms with Gasteiger partial charge in [-0.1, -0.05) is 26.0 Å². The lowest BCUT2D eigenvalue weighted by molar-refractivity contribution is 0.00846. The lowest BCUT2D eigenvalue weighted by Crippen LogP contribution is -2.31. The SMILES string of the molecule is CCC(N)c1ccc(OCC(C)(O)CC)cc1. The zero-order valence-corrected chi connectivity index (χ0v) is 10.9. The van der Waals surface area contributed by atoms with E-state index in [-0.39, 0.29) is 6.04 Å². The molecule has 3 N–H and O–H groups in total. The average Bonchev–Trinajstić information content (AvgIpc) is 2.36. The molecule has 0 amide bonds. The molecular formula is C14H23NO2. The van der Waals surface area contributed by atoms with E-state index in [2.05, 4.69) is 6.92 Å². The van der Waals surface area contributed by atoms with Crippen molar-refractivity contribution in [2.75, 3.05) is 6.61 Å². The van der Waals surface area contributed by atoms with E-state index in [9.17, 15) is 5.11 Å². The van der Waals surface area contributed by atoms with Crippen molar-refractivity contribution in [3.05, 3.63) is 29.8 Å². The van der Waals surface area contributed by atoms with Gasteiger partial charge in [0.1, 0.15) is 12.4 Å². The van der Waals surface area contributed by atoms with Crippen LogP contribution in [0, 0.1) is 0 Å². The van der Waals surface area contributed by atoms with Crippen LogP contribution in [0.1, 0.15) is 45.2 Å². The number of benzene rings is 1.